The lowest BCUT2D eigenvalue weighted by Crippen LogP contribution is -2.52. The van der Waals surface area contributed by atoms with E-state index in [4.69, 9.17) is 5.73 Å². The van der Waals surface area contributed by atoms with Crippen molar-refractivity contribution in [1.82, 2.24) is 15.5 Å². The minimum atomic E-state index is -0.986. The number of nitrogens with two attached hydrogens (primary N) is 2. The van der Waals surface area contributed by atoms with Crippen LogP contribution in [0.4, 0.5) is 0 Å². The number of benzene rings is 1. The molecule has 1 saturated carbocycles. The van der Waals surface area contributed by atoms with Gasteiger partial charge in [0.2, 0.25) is 18.1 Å². The van der Waals surface area contributed by atoms with Gasteiger partial charge in [-0.25, -0.2) is 0 Å². The predicted molar refractivity (Wildman–Crippen MR) is 210 cm³/mol. The lowest BCUT2D eigenvalue weighted by Gasteiger charge is -2.42. The Hall–Kier alpha value is -3.72. The highest BCUT2D eigenvalue weighted by Gasteiger charge is 2.35. The fraction of sp³-hybridized carbons (Fsp3) is 0.610. The van der Waals surface area contributed by atoms with E-state index in [1.807, 2.05) is 19.1 Å². The maximum Gasteiger partial charge on any atom is 0.287 e. The van der Waals surface area contributed by atoms with Crippen molar-refractivity contribution >= 4 is 24.0 Å². The normalized spacial score (nSPS) is 16.7. The van der Waals surface area contributed by atoms with Gasteiger partial charge in [0.15, 0.2) is 0 Å². The molecule has 9 heteroatoms. The van der Waals surface area contributed by atoms with Crippen LogP contribution >= 0.6 is 0 Å². The van der Waals surface area contributed by atoms with Crippen LogP contribution in [0, 0.1) is 17.3 Å². The molecule has 0 radical (unpaired) electrons. The van der Waals surface area contributed by atoms with Crippen molar-refractivity contribution in [1.29, 1.82) is 0 Å². The summed E-state index contributed by atoms with van der Waals surface area (Å²) in [7, 11) is 0. The van der Waals surface area contributed by atoms with Crippen molar-refractivity contribution in [3.8, 4) is 0 Å². The lowest BCUT2D eigenvalue weighted by molar-refractivity contribution is -0.137. The van der Waals surface area contributed by atoms with Gasteiger partial charge in [-0.3, -0.25) is 19.2 Å². The topological polar surface area (TPSA) is 148 Å². The molecule has 0 spiro atoms. The van der Waals surface area contributed by atoms with Crippen LogP contribution in [-0.2, 0) is 25.6 Å². The third-order valence-corrected chi connectivity index (χ3v) is 8.03. The number of Topliss-reactive ketones (excluding diaryl/α,β-unsaturated/α-hetero) is 1. The summed E-state index contributed by atoms with van der Waals surface area (Å²) in [5, 5.41) is 6.30. The molecule has 1 aliphatic heterocycles. The summed E-state index contributed by atoms with van der Waals surface area (Å²) >= 11 is 0. The molecule has 4 atom stereocenters. The Morgan fingerprint density at radius 1 is 1.06 bits per heavy atom. The number of rotatable bonds is 14. The summed E-state index contributed by atoms with van der Waals surface area (Å²) in [6.07, 6.45) is 13.5. The maximum absolute atomic E-state index is 11.1. The van der Waals surface area contributed by atoms with E-state index in [0.717, 1.165) is 25.8 Å². The Morgan fingerprint density at radius 2 is 1.60 bits per heavy atom. The molecule has 4 unspecified atom stereocenters. The number of likely N-dealkylation sites (tertiary alicyclic amines) is 1. The average molecular weight is 698 g/mol. The molecule has 1 saturated heterocycles. The molecular formula is C41H71N5O4. The van der Waals surface area contributed by atoms with Crippen molar-refractivity contribution < 1.29 is 19.2 Å². The first kappa shape index (κ1) is 48.4. The summed E-state index contributed by atoms with van der Waals surface area (Å²) in [4.78, 5) is 43.5. The van der Waals surface area contributed by atoms with E-state index in [2.05, 4.69) is 120 Å². The third kappa shape index (κ3) is 22.8. The van der Waals surface area contributed by atoms with Gasteiger partial charge in [0.05, 0.1) is 12.1 Å². The highest BCUT2D eigenvalue weighted by Crippen LogP contribution is 2.34. The van der Waals surface area contributed by atoms with Crippen molar-refractivity contribution in [2.24, 2.45) is 28.7 Å². The molecule has 2 fully saturated rings. The van der Waals surface area contributed by atoms with Crippen molar-refractivity contribution in [3.63, 3.8) is 0 Å². The number of amides is 3. The minimum Gasteiger partial charge on any atom is -0.371 e. The molecule has 1 aromatic rings. The fourth-order valence-corrected chi connectivity index (χ4v) is 5.27. The molecule has 3 rings (SSSR count). The fourth-order valence-electron chi connectivity index (χ4n) is 5.27. The number of carbonyl (C=O) groups is 4. The Kier molecular flexibility index (Phi) is 26.2. The number of hydrogen-bond acceptors (Lipinski definition) is 6. The summed E-state index contributed by atoms with van der Waals surface area (Å²) in [6, 6.07) is 11.5. The van der Waals surface area contributed by atoms with Crippen LogP contribution in [0.5, 0.6) is 0 Å². The van der Waals surface area contributed by atoms with Crippen molar-refractivity contribution in [3.05, 3.63) is 73.0 Å². The number of allylic oxidation sites excluding steroid dienone is 3. The SMILES string of the molecule is C=C(C(NC(Cc1ccccc1)C(C)C)C(C)(C)C)N1CCCC1C.C=C/C=C\C.CC(N)=O.CCC.NC(=O)C(=O)C(CC1CC1)NC=O. The van der Waals surface area contributed by atoms with E-state index in [-0.39, 0.29) is 11.3 Å². The van der Waals surface area contributed by atoms with E-state index < -0.39 is 17.7 Å². The van der Waals surface area contributed by atoms with E-state index in [0.29, 0.717) is 42.8 Å². The summed E-state index contributed by atoms with van der Waals surface area (Å²) < 4.78 is 0. The Morgan fingerprint density at radius 3 is 1.94 bits per heavy atom. The number of nitrogens with one attached hydrogen (secondary N) is 2. The smallest absolute Gasteiger partial charge is 0.287 e. The molecule has 6 N–H and O–H groups in total. The van der Waals surface area contributed by atoms with Crippen LogP contribution in [0.25, 0.3) is 0 Å². The summed E-state index contributed by atoms with van der Waals surface area (Å²) in [6.45, 7) is 30.6. The van der Waals surface area contributed by atoms with Crippen molar-refractivity contribution in [2.75, 3.05) is 6.54 Å². The zero-order valence-corrected chi connectivity index (χ0v) is 33.0. The highest BCUT2D eigenvalue weighted by molar-refractivity contribution is 6.37. The molecule has 0 bridgehead atoms. The summed E-state index contributed by atoms with van der Waals surface area (Å²) in [5.41, 5.74) is 12.1. The first-order valence-electron chi connectivity index (χ1n) is 18.2. The van der Waals surface area contributed by atoms with Gasteiger partial charge in [-0.05, 0) is 62.3 Å². The van der Waals surface area contributed by atoms with Gasteiger partial charge in [-0.2, -0.15) is 0 Å². The average Bonchev–Trinajstić information content (AvgIpc) is 3.75. The minimum absolute atomic E-state index is 0.142. The molecule has 1 heterocycles. The van der Waals surface area contributed by atoms with E-state index >= 15 is 0 Å². The Balaban J connectivity index is 0. The second-order valence-corrected chi connectivity index (χ2v) is 14.5. The number of primary amides is 2. The Bertz CT molecular complexity index is 1150. The lowest BCUT2D eigenvalue weighted by atomic mass is 9.82. The van der Waals surface area contributed by atoms with E-state index in [1.165, 1.54) is 37.4 Å². The highest BCUT2D eigenvalue weighted by atomic mass is 16.2. The predicted octanol–water partition coefficient (Wildman–Crippen LogP) is 6.87. The molecule has 0 aromatic heterocycles. The van der Waals surface area contributed by atoms with Gasteiger partial charge in [-0.1, -0.05) is 129 Å². The zero-order valence-electron chi connectivity index (χ0n) is 33.0. The van der Waals surface area contributed by atoms with Gasteiger partial charge < -0.3 is 27.0 Å². The maximum atomic E-state index is 11.1. The van der Waals surface area contributed by atoms with Gasteiger partial charge in [0.25, 0.3) is 5.91 Å². The monoisotopic (exact) mass is 698 g/mol. The zero-order chi connectivity index (χ0) is 38.9. The molecule has 50 heavy (non-hydrogen) atoms. The quantitative estimate of drug-likeness (QED) is 0.0948. The summed E-state index contributed by atoms with van der Waals surface area (Å²) in [5.74, 6) is -0.992. The molecule has 1 aliphatic carbocycles. The van der Waals surface area contributed by atoms with Crippen LogP contribution in [-0.4, -0.2) is 59.6 Å². The standard InChI is InChI=1S/C23H38N2.C8H12N2O3.C5H8.C3H8.C2H5NO/c1-17(2)21(16-20-13-9-8-10-14-20)24-22(23(5,6)7)19(4)25-15-11-12-18(25)3;9-8(13)7(12)6(10-4-11)3-5-1-2-5;1-3-5-4-2;1-3-2;1-2(3)4/h8-10,13-14,17-18,21-22,24H,4,11-12,15-16H2,1-3,5-7H3;4-6H,1-3H2,(H2,9,13)(H,10,11);3-5H,1H2,2H3;3H2,1-2H3;1H3,(H2,3,4)/b;;5-4-;;. The first-order chi connectivity index (χ1) is 23.4. The molecular weight excluding hydrogens is 626 g/mol. The van der Waals surface area contributed by atoms with Crippen molar-refractivity contribution in [2.45, 2.75) is 138 Å². The molecule has 284 valence electrons. The number of carbonyl (C=O) groups excluding carboxylic acids is 4. The molecule has 3 amide bonds. The van der Waals surface area contributed by atoms with Gasteiger partial charge in [0, 0.05) is 31.2 Å². The van der Waals surface area contributed by atoms with Crippen LogP contribution in [0.2, 0.25) is 0 Å². The number of nitrogens with zero attached hydrogens (tertiary/aromatic N) is 1. The largest absolute Gasteiger partial charge is 0.371 e. The second kappa shape index (κ2) is 27.1. The molecule has 1 aromatic carbocycles. The molecule has 9 nitrogen and oxygen atoms in total. The molecule has 2 aliphatic rings. The second-order valence-electron chi connectivity index (χ2n) is 14.5. The third-order valence-electron chi connectivity index (χ3n) is 8.03. The van der Waals surface area contributed by atoms with E-state index in [9.17, 15) is 19.2 Å². The van der Waals surface area contributed by atoms with E-state index in [1.54, 1.807) is 6.08 Å². The van der Waals surface area contributed by atoms with Crippen LogP contribution in [0.1, 0.15) is 113 Å². The van der Waals surface area contributed by atoms with Gasteiger partial charge in [-0.15, -0.1) is 0 Å². The Labute approximate surface area is 304 Å². The van der Waals surface area contributed by atoms with Gasteiger partial charge >= 0.3 is 0 Å². The number of ketones is 1. The van der Waals surface area contributed by atoms with Crippen LogP contribution in [0.3, 0.4) is 0 Å². The van der Waals surface area contributed by atoms with Crippen LogP contribution < -0.4 is 22.1 Å². The first-order valence-corrected chi connectivity index (χ1v) is 18.2. The van der Waals surface area contributed by atoms with Gasteiger partial charge in [0.1, 0.15) is 0 Å². The van der Waals surface area contributed by atoms with Crippen LogP contribution in [0.15, 0.2) is 67.4 Å². The number of hydrogen-bond donors (Lipinski definition) is 4.